The van der Waals surface area contributed by atoms with Crippen molar-refractivity contribution >= 4 is 30.8 Å². The van der Waals surface area contributed by atoms with Gasteiger partial charge in [0.1, 0.15) is 59.0 Å². The van der Waals surface area contributed by atoms with Crippen LogP contribution in [0.2, 0.25) is 5.02 Å². The topological polar surface area (TPSA) is 204 Å². The van der Waals surface area contributed by atoms with Crippen LogP contribution in [0.1, 0.15) is 128 Å². The summed E-state index contributed by atoms with van der Waals surface area (Å²) in [6, 6.07) is 7.02. The first-order valence-corrected chi connectivity index (χ1v) is 22.7. The number of anilines is 1. The molecule has 7 atom stereocenters. The molecule has 5 N–H and O–H groups in total. The third-order valence-corrected chi connectivity index (χ3v) is 12.1. The van der Waals surface area contributed by atoms with E-state index in [0.717, 1.165) is 38.1 Å². The van der Waals surface area contributed by atoms with Gasteiger partial charge in [0.25, 0.3) is 0 Å². The van der Waals surface area contributed by atoms with E-state index in [2.05, 4.69) is 17.0 Å². The van der Waals surface area contributed by atoms with E-state index < -0.39 is 67.2 Å². The van der Waals surface area contributed by atoms with Gasteiger partial charge in [-0.3, -0.25) is 9.05 Å². The van der Waals surface area contributed by atoms with Gasteiger partial charge in [0.15, 0.2) is 5.82 Å². The molecular weight excluding hydrogens is 811 g/mol. The van der Waals surface area contributed by atoms with Gasteiger partial charge in [-0.05, 0) is 31.5 Å². The summed E-state index contributed by atoms with van der Waals surface area (Å²) < 4.78 is 70.9. The fraction of sp³-hybridized carbons (Fsp3) is 0.683. The van der Waals surface area contributed by atoms with Crippen LogP contribution in [0.5, 0.6) is 0 Å². The first-order valence-electron chi connectivity index (χ1n) is 20.9. The van der Waals surface area contributed by atoms with Gasteiger partial charge >= 0.3 is 7.82 Å². The number of ether oxygens (including phenoxy) is 3. The van der Waals surface area contributed by atoms with E-state index in [1.165, 1.54) is 107 Å². The molecule has 0 radical (unpaired) electrons. The van der Waals surface area contributed by atoms with Crippen molar-refractivity contribution in [1.29, 1.82) is 5.26 Å². The molecule has 4 rings (SSSR count). The number of aromatic nitrogens is 3. The van der Waals surface area contributed by atoms with E-state index in [1.54, 1.807) is 0 Å². The number of unbranched alkanes of at least 4 members (excludes halogenated alkanes) is 15. The Bertz CT molecular complexity index is 1820. The lowest BCUT2D eigenvalue weighted by Crippen LogP contribution is -2.41. The maximum atomic E-state index is 14.6. The molecule has 330 valence electrons. The summed E-state index contributed by atoms with van der Waals surface area (Å²) in [6.07, 6.45) is 13.4. The monoisotopic (exact) mass is 871 g/mol. The number of nitrogen functional groups attached to an aromatic ring is 1. The summed E-state index contributed by atoms with van der Waals surface area (Å²) >= 11 is 5.73. The first kappa shape index (κ1) is 48.9. The number of nitrogens with two attached hydrogens (primary N) is 1. The Balaban J connectivity index is 1.23. The van der Waals surface area contributed by atoms with E-state index in [9.17, 15) is 33.7 Å². The van der Waals surface area contributed by atoms with Crippen molar-refractivity contribution in [2.75, 3.05) is 25.6 Å². The van der Waals surface area contributed by atoms with Crippen molar-refractivity contribution in [2.45, 2.75) is 159 Å². The summed E-state index contributed by atoms with van der Waals surface area (Å²) in [6.45, 7) is 2.91. The molecule has 1 saturated heterocycles. The number of aliphatic hydroxyl groups excluding tert-OH is 2. The molecule has 1 aliphatic heterocycles. The Hall–Kier alpha value is -2.81. The highest BCUT2D eigenvalue weighted by Crippen LogP contribution is 2.48. The molecule has 0 bridgehead atoms. The Morgan fingerprint density at radius 1 is 0.983 bits per heavy atom. The Kier molecular flexibility index (Phi) is 20.4. The van der Waals surface area contributed by atoms with Crippen molar-refractivity contribution in [3.05, 3.63) is 58.5 Å². The van der Waals surface area contributed by atoms with Gasteiger partial charge in [-0.25, -0.2) is 22.8 Å². The van der Waals surface area contributed by atoms with Crippen molar-refractivity contribution in [2.24, 2.45) is 0 Å². The number of halogens is 3. The predicted octanol–water partition coefficient (Wildman–Crippen LogP) is 8.47. The lowest BCUT2D eigenvalue weighted by Gasteiger charge is -2.26. The Morgan fingerprint density at radius 2 is 1.59 bits per heavy atom. The number of nitrogens with zero attached hydrogens (tertiary/aromatic N) is 4. The highest BCUT2D eigenvalue weighted by Gasteiger charge is 2.59. The number of hydrogen-bond donors (Lipinski definition) is 4. The molecule has 59 heavy (non-hydrogen) atoms. The van der Waals surface area contributed by atoms with E-state index in [-0.39, 0.29) is 30.3 Å². The molecule has 0 amide bonds. The number of phosphoric acid groups is 1. The minimum atomic E-state index is -4.93. The van der Waals surface area contributed by atoms with Crippen LogP contribution in [0, 0.1) is 23.0 Å². The molecular formula is C41H61ClF2N5O9P. The molecule has 1 aliphatic rings. The van der Waals surface area contributed by atoms with E-state index in [0.29, 0.717) is 12.1 Å². The molecule has 0 saturated carbocycles. The molecule has 1 aromatic carbocycles. The van der Waals surface area contributed by atoms with Gasteiger partial charge in [-0.2, -0.15) is 10.4 Å². The average Bonchev–Trinajstić information content (AvgIpc) is 3.77. The zero-order chi connectivity index (χ0) is 42.8. The number of fused-ring (bicyclic) bond motifs is 1. The Morgan fingerprint density at radius 3 is 2.20 bits per heavy atom. The summed E-state index contributed by atoms with van der Waals surface area (Å²) in [7, 11) is -4.93. The fourth-order valence-electron chi connectivity index (χ4n) is 7.22. The third-order valence-electron chi connectivity index (χ3n) is 10.6. The van der Waals surface area contributed by atoms with Crippen LogP contribution in [-0.2, 0) is 40.0 Å². The van der Waals surface area contributed by atoms with E-state index >= 15 is 0 Å². The summed E-state index contributed by atoms with van der Waals surface area (Å²) in [4.78, 5) is 14.6. The van der Waals surface area contributed by atoms with Crippen LogP contribution in [0.4, 0.5) is 14.6 Å². The average molecular weight is 872 g/mol. The molecule has 3 heterocycles. The molecule has 2 aromatic heterocycles. The molecule has 1 fully saturated rings. The van der Waals surface area contributed by atoms with Crippen molar-refractivity contribution < 1.29 is 51.7 Å². The van der Waals surface area contributed by atoms with Crippen LogP contribution < -0.4 is 5.73 Å². The highest BCUT2D eigenvalue weighted by atomic mass is 35.5. The van der Waals surface area contributed by atoms with Crippen LogP contribution in [0.15, 0.2) is 30.6 Å². The molecule has 18 heteroatoms. The maximum absolute atomic E-state index is 14.6. The minimum Gasteiger partial charge on any atom is -0.387 e. The van der Waals surface area contributed by atoms with E-state index in [1.807, 2.05) is 6.07 Å². The lowest BCUT2D eigenvalue weighted by atomic mass is 9.92. The SMILES string of the molecule is CCCCCCCCCCCCCCCCCCOC[C@H](COP(=O)(O)O[C@@H](C)[C@H]1O[C@@](C#N)(c2ccc3c(N)ncnn23)[C@H](O)[C@@H]1O)OCc1ccc(F)c(Cl)c1F. The van der Waals surface area contributed by atoms with Crippen LogP contribution in [0.3, 0.4) is 0 Å². The number of nitriles is 1. The van der Waals surface area contributed by atoms with E-state index in [4.69, 9.17) is 40.6 Å². The lowest BCUT2D eigenvalue weighted by molar-refractivity contribution is -0.0904. The fourth-order valence-corrected chi connectivity index (χ4v) is 8.36. The van der Waals surface area contributed by atoms with Gasteiger partial charge in [0.05, 0.1) is 31.6 Å². The molecule has 1 unspecified atom stereocenters. The largest absolute Gasteiger partial charge is 0.472 e. The normalized spacial score (nSPS) is 21.4. The predicted molar refractivity (Wildman–Crippen MR) is 218 cm³/mol. The molecule has 3 aromatic rings. The second-order valence-corrected chi connectivity index (χ2v) is 17.0. The number of hydrogen-bond acceptors (Lipinski definition) is 12. The highest BCUT2D eigenvalue weighted by molar-refractivity contribution is 7.47. The van der Waals surface area contributed by atoms with Gasteiger partial charge in [-0.1, -0.05) is 121 Å². The third kappa shape index (κ3) is 14.1. The van der Waals surface area contributed by atoms with Gasteiger partial charge < -0.3 is 35.1 Å². The van der Waals surface area contributed by atoms with Crippen LogP contribution in [0.25, 0.3) is 5.52 Å². The molecule has 0 spiro atoms. The maximum Gasteiger partial charge on any atom is 0.472 e. The molecule has 14 nitrogen and oxygen atoms in total. The van der Waals surface area contributed by atoms with Gasteiger partial charge in [-0.15, -0.1) is 0 Å². The van der Waals surface area contributed by atoms with Crippen molar-refractivity contribution in [1.82, 2.24) is 14.6 Å². The van der Waals surface area contributed by atoms with Crippen molar-refractivity contribution in [3.8, 4) is 6.07 Å². The van der Waals surface area contributed by atoms with Crippen molar-refractivity contribution in [3.63, 3.8) is 0 Å². The second kappa shape index (κ2) is 24.6. The smallest absolute Gasteiger partial charge is 0.387 e. The zero-order valence-electron chi connectivity index (χ0n) is 34.2. The Labute approximate surface area is 350 Å². The van der Waals surface area contributed by atoms with Gasteiger partial charge in [0.2, 0.25) is 5.60 Å². The van der Waals surface area contributed by atoms with Gasteiger partial charge in [0, 0.05) is 12.2 Å². The number of benzene rings is 1. The standard InChI is InChI=1S/C41H61ClF2N5O9P/c1-3-4-5-6-7-8-9-10-11-12-13-14-15-16-17-18-23-54-25-31(55-24-30-19-20-32(43)35(42)36(30)44)26-56-59(52,53)58-29(2)38-37(50)39(51)41(27-45,57-38)34-22-21-33-40(46)47-28-48-49(33)34/h19-22,28-29,31,37-39,50-51H,3-18,23-26H2,1-2H3,(H,52,53)(H2,46,47,48)/t29-,31+,37+,38+,39+,41-/m0/s1. The zero-order valence-corrected chi connectivity index (χ0v) is 35.8. The second-order valence-electron chi connectivity index (χ2n) is 15.2. The quantitative estimate of drug-likeness (QED) is 0.0294. The number of aliphatic hydroxyl groups is 2. The summed E-state index contributed by atoms with van der Waals surface area (Å²) in [5.41, 5.74) is 4.05. The minimum absolute atomic E-state index is 0.0345. The summed E-state index contributed by atoms with van der Waals surface area (Å²) in [5.74, 6) is -1.84. The first-order chi connectivity index (χ1) is 28.3. The number of rotatable bonds is 29. The molecule has 0 aliphatic carbocycles. The summed E-state index contributed by atoms with van der Waals surface area (Å²) in [5, 5.41) is 35.6. The van der Waals surface area contributed by atoms with Crippen LogP contribution >= 0.6 is 19.4 Å². The van der Waals surface area contributed by atoms with Crippen LogP contribution in [-0.4, -0.2) is 80.0 Å². The number of phosphoric ester groups is 1.